The number of carbonyl (C=O) groups excluding carboxylic acids is 1. The Balaban J connectivity index is 2.62. The lowest BCUT2D eigenvalue weighted by molar-refractivity contribution is -0.121. The summed E-state index contributed by atoms with van der Waals surface area (Å²) in [6.07, 6.45) is 0.0977. The predicted octanol–water partition coefficient (Wildman–Crippen LogP) is 0.991. The molecule has 0 aliphatic carbocycles. The average Bonchev–Trinajstić information content (AvgIpc) is 2.42. The molecule has 23 heavy (non-hydrogen) atoms. The number of aryl methyl sites for hydroxylation is 3. The third-order valence-corrected chi connectivity index (χ3v) is 5.33. The van der Waals surface area contributed by atoms with Crippen LogP contribution in [0.2, 0.25) is 0 Å². The maximum absolute atomic E-state index is 12.4. The Kier molecular flexibility index (Phi) is 7.18. The van der Waals surface area contributed by atoms with Crippen molar-refractivity contribution in [1.82, 2.24) is 10.0 Å². The van der Waals surface area contributed by atoms with Crippen LogP contribution in [-0.4, -0.2) is 34.0 Å². The summed E-state index contributed by atoms with van der Waals surface area (Å²) in [7, 11) is -3.62. The van der Waals surface area contributed by atoms with Crippen LogP contribution in [0, 0.1) is 26.7 Å². The van der Waals surface area contributed by atoms with Gasteiger partial charge in [-0.25, -0.2) is 13.1 Å². The first-order valence-electron chi connectivity index (χ1n) is 7.71. The third kappa shape index (κ3) is 5.93. The zero-order valence-corrected chi connectivity index (χ0v) is 15.1. The highest BCUT2D eigenvalue weighted by atomic mass is 32.2. The molecule has 0 aromatic heterocycles. The van der Waals surface area contributed by atoms with Gasteiger partial charge < -0.3 is 11.1 Å². The fourth-order valence-corrected chi connectivity index (χ4v) is 3.90. The van der Waals surface area contributed by atoms with E-state index >= 15 is 0 Å². The molecule has 0 bridgehead atoms. The lowest BCUT2D eigenvalue weighted by Crippen LogP contribution is -2.34. The minimum atomic E-state index is -3.62. The van der Waals surface area contributed by atoms with Crippen LogP contribution >= 0.6 is 0 Å². The third-order valence-electron chi connectivity index (χ3n) is 3.57. The fourth-order valence-electron chi connectivity index (χ4n) is 2.42. The number of amides is 1. The summed E-state index contributed by atoms with van der Waals surface area (Å²) >= 11 is 0. The van der Waals surface area contributed by atoms with Gasteiger partial charge in [-0.2, -0.15) is 0 Å². The quantitative estimate of drug-likeness (QED) is 0.656. The average molecular weight is 341 g/mol. The smallest absolute Gasteiger partial charge is 0.241 e. The van der Waals surface area contributed by atoms with Crippen LogP contribution in [0.4, 0.5) is 0 Å². The van der Waals surface area contributed by atoms with Crippen molar-refractivity contribution in [3.63, 3.8) is 0 Å². The minimum Gasteiger partial charge on any atom is -0.356 e. The summed E-state index contributed by atoms with van der Waals surface area (Å²) in [6, 6.07) is 3.67. The number of nitrogens with two attached hydrogens (primary N) is 1. The number of benzene rings is 1. The monoisotopic (exact) mass is 341 g/mol. The van der Waals surface area contributed by atoms with Gasteiger partial charge in [-0.3, -0.25) is 4.79 Å². The molecule has 0 aliphatic rings. The second-order valence-corrected chi connectivity index (χ2v) is 7.72. The lowest BCUT2D eigenvalue weighted by atomic mass is 10.1. The molecule has 0 aliphatic heterocycles. The van der Waals surface area contributed by atoms with E-state index in [1.54, 1.807) is 13.8 Å². The van der Waals surface area contributed by atoms with E-state index in [1.807, 2.05) is 26.0 Å². The highest BCUT2D eigenvalue weighted by Gasteiger charge is 2.19. The van der Waals surface area contributed by atoms with Crippen molar-refractivity contribution in [1.29, 1.82) is 0 Å². The Hall–Kier alpha value is -1.44. The molecule has 0 saturated heterocycles. The first-order valence-corrected chi connectivity index (χ1v) is 9.20. The van der Waals surface area contributed by atoms with E-state index in [2.05, 4.69) is 10.0 Å². The van der Waals surface area contributed by atoms with Crippen molar-refractivity contribution in [2.45, 2.75) is 39.0 Å². The van der Waals surface area contributed by atoms with Gasteiger partial charge in [0.05, 0.1) is 4.90 Å². The molecule has 4 N–H and O–H groups in total. The predicted molar refractivity (Wildman–Crippen MR) is 91.7 cm³/mol. The van der Waals surface area contributed by atoms with Gasteiger partial charge in [0.1, 0.15) is 0 Å². The highest BCUT2D eigenvalue weighted by molar-refractivity contribution is 7.89. The van der Waals surface area contributed by atoms with Crippen molar-refractivity contribution in [2.24, 2.45) is 11.7 Å². The van der Waals surface area contributed by atoms with E-state index in [9.17, 15) is 13.2 Å². The Labute approximate surface area is 138 Å². The molecule has 6 nitrogen and oxygen atoms in total. The number of nitrogens with one attached hydrogen (secondary N) is 2. The minimum absolute atomic E-state index is 0.0674. The van der Waals surface area contributed by atoms with Gasteiger partial charge in [-0.05, 0) is 44.4 Å². The van der Waals surface area contributed by atoms with Gasteiger partial charge in [-0.15, -0.1) is 0 Å². The largest absolute Gasteiger partial charge is 0.356 e. The number of sulfonamides is 1. The number of carbonyl (C=O) groups is 1. The Morgan fingerprint density at radius 2 is 1.78 bits per heavy atom. The van der Waals surface area contributed by atoms with E-state index in [-0.39, 0.29) is 24.8 Å². The number of rotatable bonds is 8. The molecule has 0 fully saturated rings. The summed E-state index contributed by atoms with van der Waals surface area (Å²) in [4.78, 5) is 12.0. The van der Waals surface area contributed by atoms with E-state index in [4.69, 9.17) is 5.73 Å². The second-order valence-electron chi connectivity index (χ2n) is 6.02. The molecule has 1 aromatic rings. The van der Waals surface area contributed by atoms with Gasteiger partial charge in [0, 0.05) is 19.5 Å². The zero-order valence-electron chi connectivity index (χ0n) is 14.3. The Bertz CT molecular complexity index is 634. The van der Waals surface area contributed by atoms with Crippen molar-refractivity contribution in [2.75, 3.05) is 19.6 Å². The van der Waals surface area contributed by atoms with E-state index in [0.29, 0.717) is 29.1 Å². The van der Waals surface area contributed by atoms with Gasteiger partial charge in [0.2, 0.25) is 15.9 Å². The molecule has 7 heteroatoms. The van der Waals surface area contributed by atoms with Crippen molar-refractivity contribution < 1.29 is 13.2 Å². The summed E-state index contributed by atoms with van der Waals surface area (Å²) in [5, 5.41) is 2.74. The second kappa shape index (κ2) is 8.42. The number of hydrogen-bond donors (Lipinski definition) is 3. The Morgan fingerprint density at radius 3 is 2.30 bits per heavy atom. The zero-order chi connectivity index (χ0) is 17.6. The van der Waals surface area contributed by atoms with Crippen LogP contribution < -0.4 is 15.8 Å². The molecule has 1 aromatic carbocycles. The molecule has 0 radical (unpaired) electrons. The van der Waals surface area contributed by atoms with E-state index in [0.717, 1.165) is 5.56 Å². The molecule has 1 rings (SSSR count). The van der Waals surface area contributed by atoms with Gasteiger partial charge in [0.15, 0.2) is 0 Å². The first kappa shape index (κ1) is 19.6. The van der Waals surface area contributed by atoms with Crippen LogP contribution in [0.3, 0.4) is 0 Å². The fraction of sp³-hybridized carbons (Fsp3) is 0.562. The lowest BCUT2D eigenvalue weighted by Gasteiger charge is -2.13. The van der Waals surface area contributed by atoms with Crippen molar-refractivity contribution >= 4 is 15.9 Å². The van der Waals surface area contributed by atoms with Gasteiger partial charge in [-0.1, -0.05) is 24.6 Å². The molecular weight excluding hydrogens is 314 g/mol. The molecule has 1 amide bonds. The summed E-state index contributed by atoms with van der Waals surface area (Å²) in [5.41, 5.74) is 7.91. The molecule has 130 valence electrons. The Morgan fingerprint density at radius 1 is 1.22 bits per heavy atom. The van der Waals surface area contributed by atoms with Crippen LogP contribution in [0.25, 0.3) is 0 Å². The van der Waals surface area contributed by atoms with Crippen LogP contribution in [0.1, 0.15) is 30.0 Å². The number of hydrogen-bond acceptors (Lipinski definition) is 4. The normalized spacial score (nSPS) is 12.9. The topological polar surface area (TPSA) is 101 Å². The van der Waals surface area contributed by atoms with Crippen LogP contribution in [0.15, 0.2) is 17.0 Å². The van der Waals surface area contributed by atoms with Crippen molar-refractivity contribution in [3.05, 3.63) is 28.8 Å². The van der Waals surface area contributed by atoms with Gasteiger partial charge >= 0.3 is 0 Å². The molecule has 0 spiro atoms. The van der Waals surface area contributed by atoms with Crippen molar-refractivity contribution in [3.8, 4) is 0 Å². The SMILES string of the molecule is Cc1cc(C)c(S(=O)(=O)NCCC(=O)NCC(C)CN)c(C)c1. The van der Waals surface area contributed by atoms with E-state index < -0.39 is 10.0 Å². The molecule has 0 saturated carbocycles. The summed E-state index contributed by atoms with van der Waals surface area (Å²) in [5.74, 6) is 0.0128. The van der Waals surface area contributed by atoms with Crippen LogP contribution in [-0.2, 0) is 14.8 Å². The van der Waals surface area contributed by atoms with E-state index in [1.165, 1.54) is 0 Å². The summed E-state index contributed by atoms with van der Waals surface area (Å²) in [6.45, 7) is 8.47. The maximum Gasteiger partial charge on any atom is 0.241 e. The summed E-state index contributed by atoms with van der Waals surface area (Å²) < 4.78 is 27.3. The first-order chi connectivity index (χ1) is 10.7. The van der Waals surface area contributed by atoms with Gasteiger partial charge in [0.25, 0.3) is 0 Å². The maximum atomic E-state index is 12.4. The van der Waals surface area contributed by atoms with Crippen LogP contribution in [0.5, 0.6) is 0 Å². The highest BCUT2D eigenvalue weighted by Crippen LogP contribution is 2.21. The standard InChI is InChI=1S/C16H27N3O3S/c1-11-7-13(3)16(14(4)8-11)23(21,22)19-6-5-15(20)18-10-12(2)9-17/h7-8,12,19H,5-6,9-10,17H2,1-4H3,(H,18,20). The molecule has 1 atom stereocenters. The molecular formula is C16H27N3O3S. The molecule has 1 unspecified atom stereocenters. The molecule has 0 heterocycles.